The summed E-state index contributed by atoms with van der Waals surface area (Å²) in [5, 5.41) is 11.7. The molecule has 5 nitrogen and oxygen atoms in total. The molecular formula is C13H12N2O3. The van der Waals surface area contributed by atoms with Crippen LogP contribution in [0.4, 0.5) is 0 Å². The molecule has 0 spiro atoms. The summed E-state index contributed by atoms with van der Waals surface area (Å²) in [6.07, 6.45) is 4.76. The third-order valence-electron chi connectivity index (χ3n) is 2.45. The third kappa shape index (κ3) is 2.76. The zero-order valence-electron chi connectivity index (χ0n) is 9.51. The van der Waals surface area contributed by atoms with Gasteiger partial charge in [0.2, 0.25) is 5.91 Å². The van der Waals surface area contributed by atoms with Gasteiger partial charge in [0.15, 0.2) is 0 Å². The summed E-state index contributed by atoms with van der Waals surface area (Å²) in [5.74, 6) is -1.49. The molecule has 0 saturated carbocycles. The molecular weight excluding hydrogens is 232 g/mol. The Kier molecular flexibility index (Phi) is 3.43. The molecule has 0 aliphatic rings. The van der Waals surface area contributed by atoms with Gasteiger partial charge in [-0.15, -0.1) is 0 Å². The molecule has 2 aromatic rings. The Morgan fingerprint density at radius 2 is 2.11 bits per heavy atom. The van der Waals surface area contributed by atoms with Crippen LogP contribution < -0.4 is 5.32 Å². The van der Waals surface area contributed by atoms with E-state index in [1.54, 1.807) is 12.3 Å². The van der Waals surface area contributed by atoms with E-state index in [0.29, 0.717) is 0 Å². The Bertz CT molecular complexity index is 613. The van der Waals surface area contributed by atoms with Crippen molar-refractivity contribution in [2.75, 3.05) is 6.54 Å². The highest BCUT2D eigenvalue weighted by molar-refractivity contribution is 5.97. The lowest BCUT2D eigenvalue weighted by Crippen LogP contribution is -2.27. The first kappa shape index (κ1) is 11.9. The summed E-state index contributed by atoms with van der Waals surface area (Å²) in [6.45, 7) is -0.378. The van der Waals surface area contributed by atoms with Crippen LogP contribution in [0.1, 0.15) is 5.56 Å². The van der Waals surface area contributed by atoms with Crippen molar-refractivity contribution in [2.24, 2.45) is 0 Å². The van der Waals surface area contributed by atoms with Crippen molar-refractivity contribution in [1.29, 1.82) is 0 Å². The second-order valence-electron chi connectivity index (χ2n) is 3.73. The Morgan fingerprint density at radius 3 is 2.89 bits per heavy atom. The van der Waals surface area contributed by atoms with Crippen molar-refractivity contribution >= 4 is 28.9 Å². The molecule has 92 valence electrons. The molecule has 1 aromatic heterocycles. The number of aromatic amines is 1. The molecule has 18 heavy (non-hydrogen) atoms. The van der Waals surface area contributed by atoms with E-state index < -0.39 is 11.9 Å². The quantitative estimate of drug-likeness (QED) is 0.710. The average Bonchev–Trinajstić information content (AvgIpc) is 2.77. The topological polar surface area (TPSA) is 82.2 Å². The van der Waals surface area contributed by atoms with Crippen LogP contribution in [0, 0.1) is 0 Å². The SMILES string of the molecule is O=C(O)CNC(=O)/C=C/c1c[nH]c2ccccc12. The number of carboxylic acid groups (broad SMARTS) is 1. The van der Waals surface area contributed by atoms with E-state index in [1.807, 2.05) is 24.3 Å². The van der Waals surface area contributed by atoms with Gasteiger partial charge < -0.3 is 15.4 Å². The number of rotatable bonds is 4. The normalized spacial score (nSPS) is 10.9. The highest BCUT2D eigenvalue weighted by atomic mass is 16.4. The van der Waals surface area contributed by atoms with Crippen molar-refractivity contribution in [3.05, 3.63) is 42.1 Å². The van der Waals surface area contributed by atoms with E-state index in [1.165, 1.54) is 6.08 Å². The van der Waals surface area contributed by atoms with Crippen LogP contribution in [0.5, 0.6) is 0 Å². The molecule has 1 aromatic carbocycles. The van der Waals surface area contributed by atoms with Gasteiger partial charge in [0.1, 0.15) is 6.54 Å². The largest absolute Gasteiger partial charge is 0.480 e. The van der Waals surface area contributed by atoms with E-state index in [4.69, 9.17) is 5.11 Å². The minimum atomic E-state index is -1.07. The zero-order chi connectivity index (χ0) is 13.0. The maximum atomic E-state index is 11.3. The van der Waals surface area contributed by atoms with E-state index >= 15 is 0 Å². The van der Waals surface area contributed by atoms with E-state index in [9.17, 15) is 9.59 Å². The maximum Gasteiger partial charge on any atom is 0.322 e. The lowest BCUT2D eigenvalue weighted by molar-refractivity contribution is -0.137. The number of hydrogen-bond acceptors (Lipinski definition) is 2. The molecule has 0 aliphatic carbocycles. The van der Waals surface area contributed by atoms with Gasteiger partial charge in [-0.05, 0) is 17.7 Å². The summed E-state index contributed by atoms with van der Waals surface area (Å²) >= 11 is 0. The van der Waals surface area contributed by atoms with E-state index in [2.05, 4.69) is 10.3 Å². The second kappa shape index (κ2) is 5.18. The number of carboxylic acids is 1. The number of carbonyl (C=O) groups is 2. The molecule has 3 N–H and O–H groups in total. The summed E-state index contributed by atoms with van der Waals surface area (Å²) in [7, 11) is 0. The summed E-state index contributed by atoms with van der Waals surface area (Å²) < 4.78 is 0. The number of fused-ring (bicyclic) bond motifs is 1. The van der Waals surface area contributed by atoms with Crippen molar-refractivity contribution < 1.29 is 14.7 Å². The van der Waals surface area contributed by atoms with Gasteiger partial charge in [-0.2, -0.15) is 0 Å². The van der Waals surface area contributed by atoms with Gasteiger partial charge in [0.05, 0.1) is 0 Å². The maximum absolute atomic E-state index is 11.3. The summed E-state index contributed by atoms with van der Waals surface area (Å²) in [5.41, 5.74) is 1.87. The van der Waals surface area contributed by atoms with Crippen LogP contribution in [0.2, 0.25) is 0 Å². The summed E-state index contributed by atoms with van der Waals surface area (Å²) in [6, 6.07) is 7.72. The summed E-state index contributed by atoms with van der Waals surface area (Å²) in [4.78, 5) is 24.7. The van der Waals surface area contributed by atoms with Gasteiger partial charge in [0, 0.05) is 23.2 Å². The Morgan fingerprint density at radius 1 is 1.33 bits per heavy atom. The molecule has 0 unspecified atom stereocenters. The number of hydrogen-bond donors (Lipinski definition) is 3. The molecule has 1 heterocycles. The highest BCUT2D eigenvalue weighted by Crippen LogP contribution is 2.18. The number of H-pyrrole nitrogens is 1. The number of nitrogens with one attached hydrogen (secondary N) is 2. The minimum Gasteiger partial charge on any atom is -0.480 e. The lowest BCUT2D eigenvalue weighted by atomic mass is 10.1. The van der Waals surface area contributed by atoms with E-state index in [-0.39, 0.29) is 6.54 Å². The van der Waals surface area contributed by atoms with Crippen LogP contribution in [0.3, 0.4) is 0 Å². The molecule has 0 fully saturated rings. The second-order valence-corrected chi connectivity index (χ2v) is 3.73. The number of carbonyl (C=O) groups excluding carboxylic acids is 1. The number of amides is 1. The van der Waals surface area contributed by atoms with Crippen LogP contribution in [0.25, 0.3) is 17.0 Å². The fourth-order valence-corrected chi connectivity index (χ4v) is 1.62. The number of aromatic nitrogens is 1. The molecule has 0 bridgehead atoms. The smallest absolute Gasteiger partial charge is 0.322 e. The predicted octanol–water partition coefficient (Wildman–Crippen LogP) is 1.38. The molecule has 1 amide bonds. The first-order chi connectivity index (χ1) is 8.66. The van der Waals surface area contributed by atoms with Crippen LogP contribution in [-0.2, 0) is 9.59 Å². The van der Waals surface area contributed by atoms with Crippen LogP contribution >= 0.6 is 0 Å². The van der Waals surface area contributed by atoms with Gasteiger partial charge in [-0.1, -0.05) is 18.2 Å². The van der Waals surface area contributed by atoms with Gasteiger partial charge in [-0.3, -0.25) is 9.59 Å². The van der Waals surface area contributed by atoms with E-state index in [0.717, 1.165) is 16.5 Å². The Labute approximate surface area is 103 Å². The number of benzene rings is 1. The molecule has 0 saturated heterocycles. The Hall–Kier alpha value is -2.56. The molecule has 2 rings (SSSR count). The fraction of sp³-hybridized carbons (Fsp3) is 0.0769. The van der Waals surface area contributed by atoms with Crippen molar-refractivity contribution in [3.8, 4) is 0 Å². The van der Waals surface area contributed by atoms with Gasteiger partial charge in [-0.25, -0.2) is 0 Å². The standard InChI is InChI=1S/C13H12N2O3/c16-12(15-8-13(17)18)6-5-9-7-14-11-4-2-1-3-10(9)11/h1-7,14H,8H2,(H,15,16)(H,17,18)/b6-5+. The predicted molar refractivity (Wildman–Crippen MR) is 68.0 cm³/mol. The minimum absolute atomic E-state index is 0.378. The molecule has 5 heteroatoms. The van der Waals surface area contributed by atoms with Crippen LogP contribution in [0.15, 0.2) is 36.5 Å². The first-order valence-electron chi connectivity index (χ1n) is 5.40. The lowest BCUT2D eigenvalue weighted by Gasteiger charge is -1.95. The Balaban J connectivity index is 2.09. The molecule has 0 atom stereocenters. The van der Waals surface area contributed by atoms with Crippen molar-refractivity contribution in [1.82, 2.24) is 10.3 Å². The number of aliphatic carboxylic acids is 1. The first-order valence-corrected chi connectivity index (χ1v) is 5.40. The molecule has 0 aliphatic heterocycles. The average molecular weight is 244 g/mol. The fourth-order valence-electron chi connectivity index (χ4n) is 1.62. The molecule has 0 radical (unpaired) electrons. The highest BCUT2D eigenvalue weighted by Gasteiger charge is 2.01. The van der Waals surface area contributed by atoms with Crippen molar-refractivity contribution in [3.63, 3.8) is 0 Å². The van der Waals surface area contributed by atoms with Gasteiger partial charge in [0.25, 0.3) is 0 Å². The third-order valence-corrected chi connectivity index (χ3v) is 2.45. The van der Waals surface area contributed by atoms with Gasteiger partial charge >= 0.3 is 5.97 Å². The zero-order valence-corrected chi connectivity index (χ0v) is 9.51. The van der Waals surface area contributed by atoms with Crippen molar-refractivity contribution in [2.45, 2.75) is 0 Å². The number of para-hydroxylation sites is 1. The van der Waals surface area contributed by atoms with Crippen LogP contribution in [-0.4, -0.2) is 28.5 Å². The monoisotopic (exact) mass is 244 g/mol.